The van der Waals surface area contributed by atoms with E-state index in [9.17, 15) is 4.79 Å². The molecule has 4 nitrogen and oxygen atoms in total. The molecule has 27 heavy (non-hydrogen) atoms. The summed E-state index contributed by atoms with van der Waals surface area (Å²) in [6.07, 6.45) is 1.52. The van der Waals surface area contributed by atoms with Gasteiger partial charge in [0, 0.05) is 5.56 Å². The molecule has 1 atom stereocenters. The van der Waals surface area contributed by atoms with Crippen LogP contribution in [-0.2, 0) is 11.2 Å². The summed E-state index contributed by atoms with van der Waals surface area (Å²) < 4.78 is 0. The quantitative estimate of drug-likeness (QED) is 0.618. The second-order valence-electron chi connectivity index (χ2n) is 6.96. The molecule has 1 aromatic heterocycles. The summed E-state index contributed by atoms with van der Waals surface area (Å²) in [5.74, 6) is -0.177. The maximum absolute atomic E-state index is 13.1. The fraction of sp³-hybridized carbons (Fsp3) is 0.304. The molecule has 4 heteroatoms. The molecular weight excluding hydrogens is 334 g/mol. The molecule has 0 fully saturated rings. The molecule has 3 aromatic rings. The largest absolute Gasteiger partial charge is 0.322 e. The predicted molar refractivity (Wildman–Crippen MR) is 111 cm³/mol. The Balaban J connectivity index is 1.96. The summed E-state index contributed by atoms with van der Waals surface area (Å²) in [6.45, 7) is 8.25. The zero-order valence-corrected chi connectivity index (χ0v) is 16.5. The molecule has 0 saturated carbocycles. The fourth-order valence-corrected chi connectivity index (χ4v) is 3.51. The van der Waals surface area contributed by atoms with Gasteiger partial charge < -0.3 is 5.32 Å². The van der Waals surface area contributed by atoms with Gasteiger partial charge in [0.05, 0.1) is 17.3 Å². The van der Waals surface area contributed by atoms with E-state index in [0.29, 0.717) is 0 Å². The number of aromatic nitrogens is 2. The zero-order chi connectivity index (χ0) is 19.4. The topological polar surface area (TPSA) is 57.8 Å². The van der Waals surface area contributed by atoms with Crippen molar-refractivity contribution in [3.63, 3.8) is 0 Å². The van der Waals surface area contributed by atoms with Crippen LogP contribution in [0.25, 0.3) is 11.3 Å². The van der Waals surface area contributed by atoms with Crippen molar-refractivity contribution in [1.29, 1.82) is 0 Å². The lowest BCUT2D eigenvalue weighted by Gasteiger charge is -2.16. The lowest BCUT2D eigenvalue weighted by molar-refractivity contribution is -0.117. The fourth-order valence-electron chi connectivity index (χ4n) is 3.51. The molecule has 1 heterocycles. The number of hydrogen-bond donors (Lipinski definition) is 2. The van der Waals surface area contributed by atoms with Crippen molar-refractivity contribution in [2.24, 2.45) is 0 Å². The van der Waals surface area contributed by atoms with Crippen LogP contribution in [0.1, 0.15) is 48.6 Å². The average Bonchev–Trinajstić information content (AvgIpc) is 3.05. The molecule has 0 spiro atoms. The Kier molecular flexibility index (Phi) is 5.75. The second kappa shape index (κ2) is 8.21. The Morgan fingerprint density at radius 2 is 1.85 bits per heavy atom. The normalized spacial score (nSPS) is 12.0. The van der Waals surface area contributed by atoms with Gasteiger partial charge in [-0.15, -0.1) is 0 Å². The Morgan fingerprint density at radius 3 is 2.48 bits per heavy atom. The summed E-state index contributed by atoms with van der Waals surface area (Å²) in [6, 6.07) is 16.2. The first-order chi connectivity index (χ1) is 13.0. The van der Waals surface area contributed by atoms with E-state index in [4.69, 9.17) is 0 Å². The molecule has 0 bridgehead atoms. The number of carbonyl (C=O) groups excluding carboxylic acids is 1. The average molecular weight is 361 g/mol. The van der Waals surface area contributed by atoms with Gasteiger partial charge >= 0.3 is 0 Å². The van der Waals surface area contributed by atoms with Gasteiger partial charge in [0.15, 0.2) is 0 Å². The lowest BCUT2D eigenvalue weighted by Crippen LogP contribution is -2.21. The number of rotatable bonds is 6. The molecule has 140 valence electrons. The van der Waals surface area contributed by atoms with Crippen LogP contribution in [0.4, 0.5) is 5.69 Å². The maximum atomic E-state index is 13.1. The van der Waals surface area contributed by atoms with Crippen LogP contribution in [0.15, 0.2) is 48.5 Å². The van der Waals surface area contributed by atoms with Gasteiger partial charge in [-0.05, 0) is 37.8 Å². The highest BCUT2D eigenvalue weighted by molar-refractivity contribution is 5.99. The van der Waals surface area contributed by atoms with Gasteiger partial charge in [-0.2, -0.15) is 5.10 Å². The third-order valence-corrected chi connectivity index (χ3v) is 5.01. The number of anilines is 1. The number of H-pyrrole nitrogens is 1. The Labute approximate surface area is 161 Å². The van der Waals surface area contributed by atoms with Crippen molar-refractivity contribution in [2.45, 2.75) is 46.5 Å². The monoisotopic (exact) mass is 361 g/mol. The van der Waals surface area contributed by atoms with Crippen LogP contribution in [0, 0.1) is 13.8 Å². The van der Waals surface area contributed by atoms with E-state index >= 15 is 0 Å². The van der Waals surface area contributed by atoms with E-state index in [2.05, 4.69) is 54.5 Å². The summed E-state index contributed by atoms with van der Waals surface area (Å²) >= 11 is 0. The molecule has 0 aliphatic heterocycles. The van der Waals surface area contributed by atoms with E-state index < -0.39 is 0 Å². The van der Waals surface area contributed by atoms with E-state index in [1.165, 1.54) is 5.56 Å². The van der Waals surface area contributed by atoms with Crippen LogP contribution in [0.3, 0.4) is 0 Å². The number of benzene rings is 2. The van der Waals surface area contributed by atoms with Crippen molar-refractivity contribution >= 4 is 11.6 Å². The summed E-state index contributed by atoms with van der Waals surface area (Å²) in [5.41, 5.74) is 6.98. The summed E-state index contributed by atoms with van der Waals surface area (Å²) in [7, 11) is 0. The maximum Gasteiger partial charge on any atom is 0.232 e. The number of amides is 1. The molecule has 3 rings (SSSR count). The minimum Gasteiger partial charge on any atom is -0.322 e. The van der Waals surface area contributed by atoms with E-state index in [1.54, 1.807) is 0 Å². The summed E-state index contributed by atoms with van der Waals surface area (Å²) in [5, 5.41) is 10.8. The molecule has 0 saturated heterocycles. The lowest BCUT2D eigenvalue weighted by atomic mass is 9.95. The first kappa shape index (κ1) is 18.9. The Bertz CT molecular complexity index is 928. The van der Waals surface area contributed by atoms with Crippen LogP contribution in [0.5, 0.6) is 0 Å². The highest BCUT2D eigenvalue weighted by Crippen LogP contribution is 2.33. The number of aromatic amines is 1. The molecule has 1 amide bonds. The number of hydrogen-bond acceptors (Lipinski definition) is 2. The highest BCUT2D eigenvalue weighted by Gasteiger charge is 2.23. The smallest absolute Gasteiger partial charge is 0.232 e. The van der Waals surface area contributed by atoms with Crippen LogP contribution >= 0.6 is 0 Å². The number of carbonyl (C=O) groups is 1. The minimum absolute atomic E-state index is 0.00538. The molecule has 1 unspecified atom stereocenters. The molecular formula is C23H27N3O. The number of aryl methyl sites for hydroxylation is 3. The minimum atomic E-state index is -0.183. The molecule has 0 aliphatic carbocycles. The van der Waals surface area contributed by atoms with E-state index in [-0.39, 0.29) is 11.8 Å². The van der Waals surface area contributed by atoms with Crippen molar-refractivity contribution < 1.29 is 4.79 Å². The molecule has 0 radical (unpaired) electrons. The van der Waals surface area contributed by atoms with Crippen molar-refractivity contribution in [1.82, 2.24) is 10.2 Å². The Morgan fingerprint density at radius 1 is 1.11 bits per heavy atom. The van der Waals surface area contributed by atoms with Gasteiger partial charge in [-0.25, -0.2) is 0 Å². The van der Waals surface area contributed by atoms with Gasteiger partial charge in [-0.1, -0.05) is 67.9 Å². The molecule has 2 aromatic carbocycles. The van der Waals surface area contributed by atoms with Crippen LogP contribution < -0.4 is 5.32 Å². The van der Waals surface area contributed by atoms with Crippen LogP contribution in [0.2, 0.25) is 0 Å². The highest BCUT2D eigenvalue weighted by atomic mass is 16.1. The van der Waals surface area contributed by atoms with Gasteiger partial charge in [0.25, 0.3) is 0 Å². The third-order valence-electron chi connectivity index (χ3n) is 5.01. The van der Waals surface area contributed by atoms with Gasteiger partial charge in [-0.3, -0.25) is 9.89 Å². The third kappa shape index (κ3) is 3.95. The van der Waals surface area contributed by atoms with E-state index in [1.807, 2.05) is 37.3 Å². The van der Waals surface area contributed by atoms with Crippen LogP contribution in [-0.4, -0.2) is 16.1 Å². The van der Waals surface area contributed by atoms with Crippen molar-refractivity contribution in [3.8, 4) is 11.3 Å². The zero-order valence-electron chi connectivity index (χ0n) is 16.5. The van der Waals surface area contributed by atoms with Gasteiger partial charge in [0.1, 0.15) is 5.69 Å². The predicted octanol–water partition coefficient (Wildman–Crippen LogP) is 5.39. The first-order valence-electron chi connectivity index (χ1n) is 9.55. The first-order valence-corrected chi connectivity index (χ1v) is 9.55. The van der Waals surface area contributed by atoms with Crippen molar-refractivity contribution in [2.75, 3.05) is 5.32 Å². The van der Waals surface area contributed by atoms with E-state index in [0.717, 1.165) is 46.6 Å². The summed E-state index contributed by atoms with van der Waals surface area (Å²) in [4.78, 5) is 13.1. The van der Waals surface area contributed by atoms with Gasteiger partial charge in [0.2, 0.25) is 5.91 Å². The SMILES string of the molecule is CCc1[nH]nc(-c2ccc(C)cc2C)c1NC(=O)C(CC)c1ccccc1. The molecule has 0 aliphatic rings. The Hall–Kier alpha value is -2.88. The number of nitrogens with one attached hydrogen (secondary N) is 2. The molecule has 2 N–H and O–H groups in total. The standard InChI is InChI=1S/C23H27N3O/c1-5-18(17-10-8-7-9-11-17)23(27)24-22-20(6-2)25-26-21(22)19-13-12-15(3)14-16(19)4/h7-14,18H,5-6H2,1-4H3,(H,24,27)(H,25,26). The van der Waals surface area contributed by atoms with Crippen molar-refractivity contribution in [3.05, 3.63) is 70.9 Å². The second-order valence-corrected chi connectivity index (χ2v) is 6.96. The number of nitrogens with zero attached hydrogens (tertiary/aromatic N) is 1.